The summed E-state index contributed by atoms with van der Waals surface area (Å²) < 4.78 is 1.01. The quantitative estimate of drug-likeness (QED) is 0.608. The van der Waals surface area contributed by atoms with Gasteiger partial charge in [-0.25, -0.2) is 4.98 Å². The molecule has 30 heavy (non-hydrogen) atoms. The van der Waals surface area contributed by atoms with Crippen molar-refractivity contribution in [3.8, 4) is 0 Å². The van der Waals surface area contributed by atoms with Gasteiger partial charge >= 0.3 is 0 Å². The predicted molar refractivity (Wildman–Crippen MR) is 115 cm³/mol. The Morgan fingerprint density at radius 2 is 1.83 bits per heavy atom. The maximum absolute atomic E-state index is 13.1. The molecule has 152 valence electrons. The summed E-state index contributed by atoms with van der Waals surface area (Å²) in [6, 6.07) is 13.2. The number of likely N-dealkylation sites (tertiary alicyclic amines) is 1. The second-order valence-electron chi connectivity index (χ2n) is 7.92. The van der Waals surface area contributed by atoms with E-state index < -0.39 is 0 Å². The van der Waals surface area contributed by atoms with E-state index >= 15 is 0 Å². The Morgan fingerprint density at radius 3 is 2.60 bits per heavy atom. The van der Waals surface area contributed by atoms with Crippen molar-refractivity contribution in [3.63, 3.8) is 0 Å². The van der Waals surface area contributed by atoms with E-state index in [9.17, 15) is 14.4 Å². The van der Waals surface area contributed by atoms with E-state index in [2.05, 4.69) is 4.98 Å². The summed E-state index contributed by atoms with van der Waals surface area (Å²) in [5.41, 5.74) is 2.75. The highest BCUT2D eigenvalue weighted by molar-refractivity contribution is 7.20. The number of carbonyl (C=O) groups is 3. The molecule has 0 saturated carbocycles. The van der Waals surface area contributed by atoms with Crippen LogP contribution in [0.4, 0.5) is 0 Å². The van der Waals surface area contributed by atoms with Gasteiger partial charge in [0.05, 0.1) is 21.3 Å². The number of piperidine rings is 1. The molecular formula is C23H21N3O3S. The Bertz CT molecular complexity index is 1140. The Hall–Kier alpha value is -3.06. The van der Waals surface area contributed by atoms with Gasteiger partial charge < -0.3 is 9.80 Å². The number of nitrogens with zero attached hydrogens (tertiary/aromatic N) is 3. The second kappa shape index (κ2) is 7.32. The molecule has 2 aliphatic heterocycles. The highest BCUT2D eigenvalue weighted by Gasteiger charge is 2.34. The number of aromatic nitrogens is 1. The molecule has 3 heterocycles. The molecule has 2 aromatic carbocycles. The molecule has 2 amide bonds. The van der Waals surface area contributed by atoms with Crippen LogP contribution in [0, 0.1) is 5.92 Å². The molecule has 0 N–H and O–H groups in total. The second-order valence-corrected chi connectivity index (χ2v) is 8.95. The number of benzene rings is 2. The van der Waals surface area contributed by atoms with Crippen LogP contribution in [0.3, 0.4) is 0 Å². The van der Waals surface area contributed by atoms with Gasteiger partial charge in [-0.2, -0.15) is 0 Å². The minimum absolute atomic E-state index is 0.0701. The molecule has 1 aromatic heterocycles. The molecule has 1 saturated heterocycles. The fourth-order valence-corrected chi connectivity index (χ4v) is 5.33. The Balaban J connectivity index is 1.30. The van der Waals surface area contributed by atoms with Crippen LogP contribution in [0.15, 0.2) is 42.5 Å². The third kappa shape index (κ3) is 3.10. The lowest BCUT2D eigenvalue weighted by atomic mass is 9.92. The van der Waals surface area contributed by atoms with Crippen LogP contribution >= 0.6 is 11.3 Å². The number of Topliss-reactive ketones (excluding diaryl/α,β-unsaturated/α-hetero) is 1. The molecule has 1 fully saturated rings. The first kappa shape index (κ1) is 18.9. The van der Waals surface area contributed by atoms with Gasteiger partial charge in [-0.15, -0.1) is 11.3 Å². The lowest BCUT2D eigenvalue weighted by Gasteiger charge is -2.31. The average molecular weight is 420 g/mol. The summed E-state index contributed by atoms with van der Waals surface area (Å²) in [5.74, 6) is -0.277. The Kier molecular flexibility index (Phi) is 4.62. The van der Waals surface area contributed by atoms with Gasteiger partial charge in [0.15, 0.2) is 10.8 Å². The normalized spacial score (nSPS) is 16.9. The number of amides is 2. The first-order chi connectivity index (χ1) is 14.5. The number of fused-ring (bicyclic) bond motifs is 2. The van der Waals surface area contributed by atoms with E-state index in [0.29, 0.717) is 48.6 Å². The van der Waals surface area contributed by atoms with E-state index in [1.165, 1.54) is 11.3 Å². The topological polar surface area (TPSA) is 70.6 Å². The van der Waals surface area contributed by atoms with Crippen molar-refractivity contribution >= 4 is 39.2 Å². The maximum Gasteiger partial charge on any atom is 0.255 e. The van der Waals surface area contributed by atoms with E-state index in [0.717, 1.165) is 15.8 Å². The van der Waals surface area contributed by atoms with Gasteiger partial charge in [0.1, 0.15) is 0 Å². The van der Waals surface area contributed by atoms with Crippen molar-refractivity contribution in [3.05, 3.63) is 64.2 Å². The molecule has 0 unspecified atom stereocenters. The van der Waals surface area contributed by atoms with Gasteiger partial charge in [-0.1, -0.05) is 24.3 Å². The van der Waals surface area contributed by atoms with E-state index in [4.69, 9.17) is 0 Å². The molecular weight excluding hydrogens is 398 g/mol. The summed E-state index contributed by atoms with van der Waals surface area (Å²) in [5, 5.41) is 0.551. The third-order valence-electron chi connectivity index (χ3n) is 6.01. The lowest BCUT2D eigenvalue weighted by molar-refractivity contribution is 0.0646. The van der Waals surface area contributed by atoms with Crippen molar-refractivity contribution in [1.82, 2.24) is 14.8 Å². The number of hydrogen-bond acceptors (Lipinski definition) is 5. The summed E-state index contributed by atoms with van der Waals surface area (Å²) in [7, 11) is 1.75. The zero-order valence-electron chi connectivity index (χ0n) is 16.6. The highest BCUT2D eigenvalue weighted by atomic mass is 32.1. The monoisotopic (exact) mass is 419 g/mol. The Labute approximate surface area is 178 Å². The minimum Gasteiger partial charge on any atom is -0.339 e. The SMILES string of the molecule is CN1Cc2cccc(C(=O)N3CCC(C(=O)c4nc5ccccc5s4)CC3)c2C1=O. The van der Waals surface area contributed by atoms with Crippen molar-refractivity contribution < 1.29 is 14.4 Å². The summed E-state index contributed by atoms with van der Waals surface area (Å²) in [6.07, 6.45) is 1.23. The van der Waals surface area contributed by atoms with E-state index in [-0.39, 0.29) is 23.5 Å². The number of ketones is 1. The van der Waals surface area contributed by atoms with Crippen LogP contribution in [-0.2, 0) is 6.54 Å². The van der Waals surface area contributed by atoms with Crippen LogP contribution in [-0.4, -0.2) is 52.5 Å². The molecule has 0 atom stereocenters. The van der Waals surface area contributed by atoms with Gasteiger partial charge in [0.25, 0.3) is 11.8 Å². The number of para-hydroxylation sites is 1. The first-order valence-corrected chi connectivity index (χ1v) is 10.9. The number of hydrogen-bond donors (Lipinski definition) is 0. The van der Waals surface area contributed by atoms with Crippen molar-refractivity contribution in [1.29, 1.82) is 0 Å². The Morgan fingerprint density at radius 1 is 1.07 bits per heavy atom. The smallest absolute Gasteiger partial charge is 0.255 e. The highest BCUT2D eigenvalue weighted by Crippen LogP contribution is 2.30. The van der Waals surface area contributed by atoms with Gasteiger partial charge in [0, 0.05) is 32.6 Å². The summed E-state index contributed by atoms with van der Waals surface area (Å²) >= 11 is 1.43. The average Bonchev–Trinajstić information content (AvgIpc) is 3.33. The molecule has 3 aromatic rings. The number of carbonyl (C=O) groups excluding carboxylic acids is 3. The molecule has 2 aliphatic rings. The van der Waals surface area contributed by atoms with Crippen molar-refractivity contribution in [2.75, 3.05) is 20.1 Å². The lowest BCUT2D eigenvalue weighted by Crippen LogP contribution is -2.40. The standard InChI is InChI=1S/C23H21N3O3S/c1-25-13-15-5-4-6-16(19(15)23(25)29)22(28)26-11-9-14(10-12-26)20(27)21-24-17-7-2-3-8-18(17)30-21/h2-8,14H,9-13H2,1H3. The minimum atomic E-state index is -0.124. The zero-order chi connectivity index (χ0) is 20.8. The van der Waals surface area contributed by atoms with Crippen molar-refractivity contribution in [2.24, 2.45) is 5.92 Å². The van der Waals surface area contributed by atoms with Crippen LogP contribution in [0.5, 0.6) is 0 Å². The molecule has 0 spiro atoms. The van der Waals surface area contributed by atoms with Crippen LogP contribution in [0.25, 0.3) is 10.2 Å². The maximum atomic E-state index is 13.1. The van der Waals surface area contributed by atoms with Crippen molar-refractivity contribution in [2.45, 2.75) is 19.4 Å². The number of thiazole rings is 1. The summed E-state index contributed by atoms with van der Waals surface area (Å²) in [6.45, 7) is 1.55. The van der Waals surface area contributed by atoms with Crippen LogP contribution in [0.1, 0.15) is 48.9 Å². The molecule has 0 bridgehead atoms. The fourth-order valence-electron chi connectivity index (χ4n) is 4.35. The first-order valence-electron chi connectivity index (χ1n) is 10.1. The predicted octanol–water partition coefficient (Wildman–Crippen LogP) is 3.62. The van der Waals surface area contributed by atoms with Crippen LogP contribution < -0.4 is 0 Å². The van der Waals surface area contributed by atoms with E-state index in [1.807, 2.05) is 36.4 Å². The molecule has 0 radical (unpaired) electrons. The molecule has 0 aliphatic carbocycles. The molecule has 5 rings (SSSR count). The fraction of sp³-hybridized carbons (Fsp3) is 0.304. The summed E-state index contributed by atoms with van der Waals surface area (Å²) in [4.78, 5) is 46.4. The van der Waals surface area contributed by atoms with Gasteiger partial charge in [0.2, 0.25) is 0 Å². The van der Waals surface area contributed by atoms with Crippen LogP contribution in [0.2, 0.25) is 0 Å². The van der Waals surface area contributed by atoms with Gasteiger partial charge in [-0.05, 0) is 36.6 Å². The third-order valence-corrected chi connectivity index (χ3v) is 7.06. The molecule has 7 heteroatoms. The number of rotatable bonds is 3. The van der Waals surface area contributed by atoms with E-state index in [1.54, 1.807) is 22.9 Å². The van der Waals surface area contributed by atoms with Gasteiger partial charge in [-0.3, -0.25) is 14.4 Å². The zero-order valence-corrected chi connectivity index (χ0v) is 17.4. The molecule has 6 nitrogen and oxygen atoms in total. The largest absolute Gasteiger partial charge is 0.339 e.